The second-order valence-electron chi connectivity index (χ2n) is 6.45. The van der Waals surface area contributed by atoms with E-state index in [9.17, 15) is 9.59 Å². The summed E-state index contributed by atoms with van der Waals surface area (Å²) in [6.45, 7) is 3.05. The Balaban J connectivity index is 1.28. The zero-order valence-electron chi connectivity index (χ0n) is 14.8. The van der Waals surface area contributed by atoms with Crippen LogP contribution in [0.1, 0.15) is 16.1 Å². The van der Waals surface area contributed by atoms with Gasteiger partial charge < -0.3 is 18.8 Å². The number of ketones is 1. The van der Waals surface area contributed by atoms with Gasteiger partial charge in [0.15, 0.2) is 17.3 Å². The molecule has 7 heteroatoms. The lowest BCUT2D eigenvalue weighted by Gasteiger charge is -2.33. The van der Waals surface area contributed by atoms with Gasteiger partial charge in [-0.25, -0.2) is 0 Å². The summed E-state index contributed by atoms with van der Waals surface area (Å²) >= 11 is 0. The van der Waals surface area contributed by atoms with Crippen LogP contribution in [0.5, 0.6) is 11.5 Å². The summed E-state index contributed by atoms with van der Waals surface area (Å²) in [5.74, 6) is 1.71. The molecule has 1 aromatic heterocycles. The number of hydrogen-bond donors (Lipinski definition) is 0. The minimum atomic E-state index is -0.0394. The maximum absolute atomic E-state index is 12.4. The van der Waals surface area contributed by atoms with Crippen LogP contribution in [0, 0.1) is 0 Å². The van der Waals surface area contributed by atoms with E-state index in [1.165, 1.54) is 6.26 Å². The lowest BCUT2D eigenvalue weighted by atomic mass is 10.2. The molecule has 2 aromatic rings. The van der Waals surface area contributed by atoms with Gasteiger partial charge in [0.2, 0.25) is 18.5 Å². The Morgan fingerprint density at radius 2 is 1.85 bits per heavy atom. The molecule has 4 rings (SSSR count). The Kier molecular flexibility index (Phi) is 4.93. The van der Waals surface area contributed by atoms with Gasteiger partial charge in [0.1, 0.15) is 0 Å². The van der Waals surface area contributed by atoms with Crippen LogP contribution in [0.25, 0.3) is 6.08 Å². The first kappa shape index (κ1) is 17.4. The number of piperazine rings is 1. The van der Waals surface area contributed by atoms with Gasteiger partial charge in [-0.1, -0.05) is 6.07 Å². The third kappa shape index (κ3) is 4.03. The van der Waals surface area contributed by atoms with E-state index < -0.39 is 0 Å². The molecular formula is C20H20N2O5. The molecule has 0 saturated carbocycles. The summed E-state index contributed by atoms with van der Waals surface area (Å²) in [7, 11) is 0. The van der Waals surface area contributed by atoms with Gasteiger partial charge >= 0.3 is 0 Å². The molecule has 1 saturated heterocycles. The van der Waals surface area contributed by atoms with Gasteiger partial charge in [-0.2, -0.15) is 0 Å². The fourth-order valence-electron chi connectivity index (χ4n) is 3.13. The largest absolute Gasteiger partial charge is 0.461 e. The van der Waals surface area contributed by atoms with Gasteiger partial charge in [0, 0.05) is 32.3 Å². The molecule has 0 spiro atoms. The Hall–Kier alpha value is -3.06. The van der Waals surface area contributed by atoms with Crippen molar-refractivity contribution in [2.24, 2.45) is 0 Å². The smallest absolute Gasteiger partial charge is 0.246 e. The highest BCUT2D eigenvalue weighted by atomic mass is 16.7. The minimum absolute atomic E-state index is 0.0373. The number of amides is 1. The molecule has 3 heterocycles. The molecule has 0 aliphatic carbocycles. The first-order valence-electron chi connectivity index (χ1n) is 8.85. The first-order valence-corrected chi connectivity index (χ1v) is 8.85. The van der Waals surface area contributed by atoms with E-state index in [4.69, 9.17) is 13.9 Å². The van der Waals surface area contributed by atoms with Crippen molar-refractivity contribution >= 4 is 17.8 Å². The normalized spacial score (nSPS) is 16.8. The van der Waals surface area contributed by atoms with E-state index in [1.807, 2.05) is 23.1 Å². The van der Waals surface area contributed by atoms with Crippen molar-refractivity contribution in [3.8, 4) is 11.5 Å². The second-order valence-corrected chi connectivity index (χ2v) is 6.45. The van der Waals surface area contributed by atoms with Crippen molar-refractivity contribution in [2.75, 3.05) is 39.5 Å². The number of carbonyl (C=O) groups excluding carboxylic acids is 2. The summed E-state index contributed by atoms with van der Waals surface area (Å²) < 4.78 is 15.8. The number of Topliss-reactive ketones (excluding diaryl/α,β-unsaturated/α-hetero) is 1. The topological polar surface area (TPSA) is 72.2 Å². The maximum atomic E-state index is 12.4. The monoisotopic (exact) mass is 368 g/mol. The lowest BCUT2D eigenvalue weighted by molar-refractivity contribution is -0.127. The predicted octanol–water partition coefficient (Wildman–Crippen LogP) is 2.05. The molecule has 140 valence electrons. The number of furan rings is 1. The molecule has 7 nitrogen and oxygen atoms in total. The van der Waals surface area contributed by atoms with Crippen LogP contribution in [0.15, 0.2) is 47.1 Å². The highest BCUT2D eigenvalue weighted by Gasteiger charge is 2.22. The van der Waals surface area contributed by atoms with Crippen molar-refractivity contribution in [1.29, 1.82) is 0 Å². The number of carbonyl (C=O) groups is 2. The fourth-order valence-corrected chi connectivity index (χ4v) is 3.13. The number of hydrogen-bond acceptors (Lipinski definition) is 6. The number of rotatable bonds is 5. The Bertz CT molecular complexity index is 851. The number of nitrogens with zero attached hydrogens (tertiary/aromatic N) is 2. The van der Waals surface area contributed by atoms with E-state index in [0.717, 1.165) is 11.3 Å². The molecule has 27 heavy (non-hydrogen) atoms. The van der Waals surface area contributed by atoms with Gasteiger partial charge in [0.25, 0.3) is 0 Å². The second kappa shape index (κ2) is 7.67. The van der Waals surface area contributed by atoms with Crippen LogP contribution >= 0.6 is 0 Å². The summed E-state index contributed by atoms with van der Waals surface area (Å²) in [6.07, 6.45) is 4.84. The highest BCUT2D eigenvalue weighted by molar-refractivity contribution is 5.95. The van der Waals surface area contributed by atoms with Crippen LogP contribution in [0.2, 0.25) is 0 Å². The third-order valence-electron chi connectivity index (χ3n) is 4.66. The summed E-state index contributed by atoms with van der Waals surface area (Å²) in [5, 5.41) is 0. The molecule has 2 aliphatic rings. The molecule has 0 N–H and O–H groups in total. The minimum Gasteiger partial charge on any atom is -0.461 e. The Labute approximate surface area is 156 Å². The van der Waals surface area contributed by atoms with Gasteiger partial charge in [-0.3, -0.25) is 14.5 Å². The Morgan fingerprint density at radius 1 is 1.04 bits per heavy atom. The van der Waals surface area contributed by atoms with E-state index >= 15 is 0 Å². The standard InChI is InChI=1S/C20H20N2O5/c23-16(17-2-1-11-25-17)13-21-7-9-22(10-8-21)20(24)6-4-15-3-5-18-19(12-15)27-14-26-18/h1-6,11-12H,7-10,13-14H2/b6-4+. The number of ether oxygens (including phenoxy) is 2. The van der Waals surface area contributed by atoms with E-state index in [1.54, 1.807) is 29.2 Å². The quantitative estimate of drug-likeness (QED) is 0.594. The van der Waals surface area contributed by atoms with Crippen molar-refractivity contribution in [1.82, 2.24) is 9.80 Å². The van der Waals surface area contributed by atoms with E-state index in [-0.39, 0.29) is 18.5 Å². The van der Waals surface area contributed by atoms with E-state index in [0.29, 0.717) is 44.2 Å². The van der Waals surface area contributed by atoms with E-state index in [2.05, 4.69) is 0 Å². The first-order chi connectivity index (χ1) is 13.2. The average Bonchev–Trinajstić information content (AvgIpc) is 3.38. The highest BCUT2D eigenvalue weighted by Crippen LogP contribution is 2.32. The molecule has 0 unspecified atom stereocenters. The zero-order valence-corrected chi connectivity index (χ0v) is 14.8. The van der Waals surface area contributed by atoms with Crippen LogP contribution in [0.4, 0.5) is 0 Å². The molecule has 0 radical (unpaired) electrons. The maximum Gasteiger partial charge on any atom is 0.246 e. The lowest BCUT2D eigenvalue weighted by Crippen LogP contribution is -2.49. The van der Waals surface area contributed by atoms with Crippen molar-refractivity contribution in [2.45, 2.75) is 0 Å². The summed E-state index contributed by atoms with van der Waals surface area (Å²) in [6, 6.07) is 8.94. The number of fused-ring (bicyclic) bond motifs is 1. The summed E-state index contributed by atoms with van der Waals surface area (Å²) in [4.78, 5) is 28.3. The number of benzene rings is 1. The molecule has 0 atom stereocenters. The van der Waals surface area contributed by atoms with Crippen molar-refractivity contribution < 1.29 is 23.5 Å². The predicted molar refractivity (Wildman–Crippen MR) is 97.7 cm³/mol. The average molecular weight is 368 g/mol. The van der Waals surface area contributed by atoms with Crippen LogP contribution < -0.4 is 9.47 Å². The molecular weight excluding hydrogens is 348 g/mol. The molecule has 1 aromatic carbocycles. The molecule has 0 bridgehead atoms. The van der Waals surface area contributed by atoms with Crippen LogP contribution in [-0.2, 0) is 4.79 Å². The summed E-state index contributed by atoms with van der Waals surface area (Å²) in [5.41, 5.74) is 0.885. The third-order valence-corrected chi connectivity index (χ3v) is 4.66. The molecule has 2 aliphatic heterocycles. The van der Waals surface area contributed by atoms with Crippen LogP contribution in [-0.4, -0.2) is 61.0 Å². The van der Waals surface area contributed by atoms with Gasteiger partial charge in [-0.15, -0.1) is 0 Å². The zero-order chi connectivity index (χ0) is 18.6. The van der Waals surface area contributed by atoms with Gasteiger partial charge in [0.05, 0.1) is 12.8 Å². The van der Waals surface area contributed by atoms with Crippen molar-refractivity contribution in [3.63, 3.8) is 0 Å². The molecule has 1 fully saturated rings. The SMILES string of the molecule is O=C(CN1CCN(C(=O)/C=C/c2ccc3c(c2)OCO3)CC1)c1ccco1. The van der Waals surface area contributed by atoms with Crippen LogP contribution in [0.3, 0.4) is 0 Å². The fraction of sp³-hybridized carbons (Fsp3) is 0.300. The van der Waals surface area contributed by atoms with Gasteiger partial charge in [-0.05, 0) is 35.9 Å². The van der Waals surface area contributed by atoms with Crippen molar-refractivity contribution in [3.05, 3.63) is 54.0 Å². The molecule has 1 amide bonds. The Morgan fingerprint density at radius 3 is 2.63 bits per heavy atom.